The van der Waals surface area contributed by atoms with Gasteiger partial charge in [0.1, 0.15) is 5.67 Å². The lowest BCUT2D eigenvalue weighted by atomic mass is 9.43. The lowest BCUT2D eigenvalue weighted by molar-refractivity contribution is -0.230. The molecule has 0 radical (unpaired) electrons. The zero-order valence-electron chi connectivity index (χ0n) is 12.1. The summed E-state index contributed by atoms with van der Waals surface area (Å²) in [5.41, 5.74) is -1.60. The number of carbonyl (C=O) groups is 1. The maximum Gasteiger partial charge on any atom is 0.349 e. The number of nitrogens with zero attached hydrogens (tertiary/aromatic N) is 1. The van der Waals surface area contributed by atoms with Gasteiger partial charge in [0, 0.05) is 5.41 Å². The highest BCUT2D eigenvalue weighted by molar-refractivity contribution is 5.89. The molecule has 2 aromatic rings. The van der Waals surface area contributed by atoms with Crippen molar-refractivity contribution in [3.05, 3.63) is 50.8 Å². The molecule has 0 amide bonds. The van der Waals surface area contributed by atoms with Gasteiger partial charge in [-0.15, -0.1) is 0 Å². The Balaban J connectivity index is 1.43. The van der Waals surface area contributed by atoms with Crippen LogP contribution < -0.4 is 11.4 Å². The van der Waals surface area contributed by atoms with Crippen molar-refractivity contribution in [3.8, 4) is 5.69 Å². The number of aromatic amines is 2. The number of hydrogen-bond acceptors (Lipinski definition) is 4. The molecule has 1 aromatic heterocycles. The summed E-state index contributed by atoms with van der Waals surface area (Å²) >= 11 is 0. The molecule has 3 aliphatic rings. The van der Waals surface area contributed by atoms with E-state index in [0.717, 1.165) is 4.68 Å². The number of esters is 1. The summed E-state index contributed by atoms with van der Waals surface area (Å²) in [6, 6.07) is 6.07. The first kappa shape index (κ1) is 14.0. The molecule has 23 heavy (non-hydrogen) atoms. The number of carbonyl (C=O) groups excluding carboxylic acids is 1. The van der Waals surface area contributed by atoms with E-state index in [1.165, 1.54) is 24.3 Å². The summed E-state index contributed by atoms with van der Waals surface area (Å²) in [5, 5.41) is 2.32. The topological polar surface area (TPSA) is 96.9 Å². The van der Waals surface area contributed by atoms with Gasteiger partial charge in [0.25, 0.3) is 0 Å². The van der Waals surface area contributed by atoms with Crippen LogP contribution in [0, 0.1) is 5.41 Å². The van der Waals surface area contributed by atoms with Gasteiger partial charge >= 0.3 is 17.3 Å². The quantitative estimate of drug-likeness (QED) is 0.818. The van der Waals surface area contributed by atoms with Crippen LogP contribution in [-0.4, -0.2) is 33.0 Å². The van der Waals surface area contributed by atoms with Crippen LogP contribution >= 0.6 is 0 Å². The number of benzene rings is 1. The fourth-order valence-electron chi connectivity index (χ4n) is 3.58. The minimum absolute atomic E-state index is 0.151. The monoisotopic (exact) mass is 319 g/mol. The van der Waals surface area contributed by atoms with E-state index in [1.54, 1.807) is 0 Å². The lowest BCUT2D eigenvalue weighted by Crippen LogP contribution is -2.66. The SMILES string of the molecule is O=C(OCC12CC(F)(C1)C2)c1ccc(-n2[nH]c(=O)[nH]c2=O)cc1. The summed E-state index contributed by atoms with van der Waals surface area (Å²) in [6.07, 6.45) is 1.45. The van der Waals surface area contributed by atoms with Crippen LogP contribution in [0.4, 0.5) is 4.39 Å². The summed E-state index contributed by atoms with van der Waals surface area (Å²) in [6.45, 7) is 0.240. The zero-order valence-corrected chi connectivity index (χ0v) is 12.1. The Morgan fingerprint density at radius 3 is 2.39 bits per heavy atom. The number of ether oxygens (including phenoxy) is 1. The van der Waals surface area contributed by atoms with Gasteiger partial charge in [0.15, 0.2) is 0 Å². The number of halogens is 1. The molecule has 120 valence electrons. The van der Waals surface area contributed by atoms with Crippen molar-refractivity contribution in [2.24, 2.45) is 5.41 Å². The second-order valence-corrected chi connectivity index (χ2v) is 6.51. The molecule has 3 fully saturated rings. The molecular weight excluding hydrogens is 305 g/mol. The van der Waals surface area contributed by atoms with E-state index in [9.17, 15) is 18.8 Å². The van der Waals surface area contributed by atoms with Gasteiger partial charge in [-0.05, 0) is 43.5 Å². The molecular formula is C15H14FN3O4. The normalized spacial score (nSPS) is 27.9. The highest BCUT2D eigenvalue weighted by atomic mass is 19.1. The molecule has 8 heteroatoms. The summed E-state index contributed by atoms with van der Waals surface area (Å²) in [5.74, 6) is -0.482. The minimum Gasteiger partial charge on any atom is -0.461 e. The Hall–Kier alpha value is -2.64. The fourth-order valence-corrected chi connectivity index (χ4v) is 3.58. The van der Waals surface area contributed by atoms with Crippen LogP contribution in [0.15, 0.2) is 33.9 Å². The number of aromatic nitrogens is 3. The molecule has 7 nitrogen and oxygen atoms in total. The molecule has 2 N–H and O–H groups in total. The standard InChI is InChI=1S/C15H14FN3O4/c16-15-5-14(6-15,7-15)8-23-11(20)9-1-3-10(4-2-9)19-13(22)17-12(21)18-19/h1-4H,5-8H2,(H2,17,18,21,22). The highest BCUT2D eigenvalue weighted by Gasteiger charge is 2.69. The number of rotatable bonds is 4. The number of hydrogen-bond donors (Lipinski definition) is 2. The van der Waals surface area contributed by atoms with Crippen LogP contribution in [0.25, 0.3) is 5.69 Å². The van der Waals surface area contributed by atoms with Crippen LogP contribution in [0.5, 0.6) is 0 Å². The molecule has 0 unspecified atom stereocenters. The Bertz CT molecular complexity index is 873. The first-order valence-corrected chi connectivity index (χ1v) is 7.26. The first-order valence-electron chi connectivity index (χ1n) is 7.26. The Morgan fingerprint density at radius 2 is 1.87 bits per heavy atom. The molecule has 5 rings (SSSR count). The zero-order chi connectivity index (χ0) is 16.2. The third-order valence-corrected chi connectivity index (χ3v) is 4.58. The Labute approximate surface area is 129 Å². The van der Waals surface area contributed by atoms with Crippen LogP contribution in [-0.2, 0) is 4.74 Å². The molecule has 3 aliphatic carbocycles. The van der Waals surface area contributed by atoms with Crippen molar-refractivity contribution >= 4 is 5.97 Å². The molecule has 2 bridgehead atoms. The predicted molar refractivity (Wildman–Crippen MR) is 77.4 cm³/mol. The van der Waals surface area contributed by atoms with Crippen LogP contribution in [0.2, 0.25) is 0 Å². The van der Waals surface area contributed by atoms with E-state index in [2.05, 4.69) is 10.1 Å². The second-order valence-electron chi connectivity index (χ2n) is 6.51. The van der Waals surface area contributed by atoms with Crippen molar-refractivity contribution in [3.63, 3.8) is 0 Å². The van der Waals surface area contributed by atoms with Crippen molar-refractivity contribution in [1.82, 2.24) is 14.8 Å². The second kappa shape index (κ2) is 4.43. The van der Waals surface area contributed by atoms with Gasteiger partial charge < -0.3 is 4.74 Å². The highest BCUT2D eigenvalue weighted by Crippen LogP contribution is 2.69. The first-order chi connectivity index (χ1) is 10.9. The molecule has 0 saturated heterocycles. The lowest BCUT2D eigenvalue weighted by Gasteiger charge is -2.65. The van der Waals surface area contributed by atoms with E-state index in [0.29, 0.717) is 30.5 Å². The average Bonchev–Trinajstić information content (AvgIpc) is 2.80. The average molecular weight is 319 g/mol. The molecule has 0 spiro atoms. The van der Waals surface area contributed by atoms with Crippen LogP contribution in [0.1, 0.15) is 29.6 Å². The maximum absolute atomic E-state index is 13.4. The van der Waals surface area contributed by atoms with Gasteiger partial charge in [-0.2, -0.15) is 0 Å². The summed E-state index contributed by atoms with van der Waals surface area (Å²) in [4.78, 5) is 36.6. The molecule has 1 heterocycles. The third kappa shape index (κ3) is 2.21. The molecule has 0 aliphatic heterocycles. The van der Waals surface area contributed by atoms with Crippen molar-refractivity contribution < 1.29 is 13.9 Å². The minimum atomic E-state index is -1.01. The van der Waals surface area contributed by atoms with E-state index < -0.39 is 23.0 Å². The van der Waals surface area contributed by atoms with Gasteiger partial charge in [-0.1, -0.05) is 0 Å². The molecule has 3 saturated carbocycles. The van der Waals surface area contributed by atoms with Gasteiger partial charge in [-0.3, -0.25) is 4.98 Å². The van der Waals surface area contributed by atoms with E-state index in [4.69, 9.17) is 4.74 Å². The maximum atomic E-state index is 13.4. The largest absolute Gasteiger partial charge is 0.461 e. The predicted octanol–water partition coefficient (Wildman–Crippen LogP) is 0.903. The molecule has 0 atom stereocenters. The smallest absolute Gasteiger partial charge is 0.349 e. The van der Waals surface area contributed by atoms with Crippen molar-refractivity contribution in [2.75, 3.05) is 6.61 Å². The fraction of sp³-hybridized carbons (Fsp3) is 0.400. The summed E-state index contributed by atoms with van der Waals surface area (Å²) < 4.78 is 19.7. The number of nitrogens with one attached hydrogen (secondary N) is 2. The Morgan fingerprint density at radius 1 is 1.22 bits per heavy atom. The molecule has 1 aromatic carbocycles. The van der Waals surface area contributed by atoms with Gasteiger partial charge in [-0.25, -0.2) is 28.6 Å². The third-order valence-electron chi connectivity index (χ3n) is 4.58. The van der Waals surface area contributed by atoms with Gasteiger partial charge in [0.05, 0.1) is 17.9 Å². The summed E-state index contributed by atoms with van der Waals surface area (Å²) in [7, 11) is 0. The van der Waals surface area contributed by atoms with Crippen LogP contribution in [0.3, 0.4) is 0 Å². The van der Waals surface area contributed by atoms with E-state index in [-0.39, 0.29) is 12.0 Å². The van der Waals surface area contributed by atoms with E-state index >= 15 is 0 Å². The Kier molecular flexibility index (Phi) is 2.70. The van der Waals surface area contributed by atoms with Gasteiger partial charge in [0.2, 0.25) is 0 Å². The van der Waals surface area contributed by atoms with Crippen molar-refractivity contribution in [1.29, 1.82) is 0 Å². The van der Waals surface area contributed by atoms with E-state index in [1.807, 2.05) is 0 Å². The number of alkyl halides is 1. The van der Waals surface area contributed by atoms with Crippen molar-refractivity contribution in [2.45, 2.75) is 24.9 Å². The number of H-pyrrole nitrogens is 2.